The molecule has 0 radical (unpaired) electrons. The molecule has 2 heterocycles. The molecule has 1 aliphatic rings. The summed E-state index contributed by atoms with van der Waals surface area (Å²) in [5, 5.41) is 2.88. The van der Waals surface area contributed by atoms with Gasteiger partial charge in [-0.3, -0.25) is 4.79 Å². The summed E-state index contributed by atoms with van der Waals surface area (Å²) in [6.07, 6.45) is 1.73. The van der Waals surface area contributed by atoms with Crippen LogP contribution < -0.4 is 0 Å². The van der Waals surface area contributed by atoms with Crippen LogP contribution in [0.3, 0.4) is 0 Å². The topological polar surface area (TPSA) is 42.4 Å². The van der Waals surface area contributed by atoms with E-state index in [1.54, 1.807) is 29.4 Å². The average molecular weight is 212 g/mol. The molecule has 1 aliphatic heterocycles. The number of nitrogens with zero attached hydrogens (tertiary/aromatic N) is 2. The summed E-state index contributed by atoms with van der Waals surface area (Å²) in [5.41, 5.74) is 0. The number of thiazole rings is 1. The van der Waals surface area contributed by atoms with Gasteiger partial charge in [-0.25, -0.2) is 4.98 Å². The van der Waals surface area contributed by atoms with Crippen LogP contribution in [-0.2, 0) is 9.53 Å². The monoisotopic (exact) mass is 212 g/mol. The van der Waals surface area contributed by atoms with E-state index >= 15 is 0 Å². The zero-order valence-corrected chi connectivity index (χ0v) is 8.79. The molecule has 76 valence electrons. The minimum Gasteiger partial charge on any atom is -0.367 e. The molecule has 0 saturated carbocycles. The highest BCUT2D eigenvalue weighted by Crippen LogP contribution is 2.23. The van der Waals surface area contributed by atoms with Crippen LogP contribution in [0.1, 0.15) is 18.0 Å². The molecule has 1 unspecified atom stereocenters. The fraction of sp³-hybridized carbons (Fsp3) is 0.556. The van der Waals surface area contributed by atoms with Crippen LogP contribution in [0.2, 0.25) is 0 Å². The van der Waals surface area contributed by atoms with Crippen molar-refractivity contribution < 1.29 is 9.53 Å². The quantitative estimate of drug-likeness (QED) is 0.699. The number of carbonyl (C=O) groups is 1. The third kappa shape index (κ3) is 1.93. The number of hydrogen-bond donors (Lipinski definition) is 0. The van der Waals surface area contributed by atoms with E-state index in [0.717, 1.165) is 5.01 Å². The zero-order chi connectivity index (χ0) is 9.97. The molecule has 1 atom stereocenters. The molecular weight excluding hydrogens is 200 g/mol. The number of hydrogen-bond acceptors (Lipinski definition) is 4. The van der Waals surface area contributed by atoms with Gasteiger partial charge < -0.3 is 9.64 Å². The molecule has 0 aliphatic carbocycles. The Morgan fingerprint density at radius 1 is 1.79 bits per heavy atom. The molecule has 2 rings (SSSR count). The first-order chi connectivity index (χ1) is 6.77. The first-order valence-electron chi connectivity index (χ1n) is 4.54. The van der Waals surface area contributed by atoms with Gasteiger partial charge in [-0.05, 0) is 0 Å². The maximum atomic E-state index is 11.2. The second-order valence-electron chi connectivity index (χ2n) is 3.19. The largest absolute Gasteiger partial charge is 0.367 e. The maximum absolute atomic E-state index is 11.2. The molecule has 0 bridgehead atoms. The highest BCUT2D eigenvalue weighted by Gasteiger charge is 2.24. The molecule has 0 N–H and O–H groups in total. The van der Waals surface area contributed by atoms with Crippen molar-refractivity contribution >= 4 is 17.2 Å². The summed E-state index contributed by atoms with van der Waals surface area (Å²) in [6.45, 7) is 3.51. The van der Waals surface area contributed by atoms with E-state index < -0.39 is 0 Å². The van der Waals surface area contributed by atoms with Gasteiger partial charge in [-0.2, -0.15) is 0 Å². The van der Waals surface area contributed by atoms with Crippen molar-refractivity contribution in [1.82, 2.24) is 9.88 Å². The highest BCUT2D eigenvalue weighted by atomic mass is 32.1. The van der Waals surface area contributed by atoms with Gasteiger partial charge in [0.05, 0.1) is 13.2 Å². The Hall–Kier alpha value is -0.940. The van der Waals surface area contributed by atoms with E-state index in [2.05, 4.69) is 4.98 Å². The minimum atomic E-state index is -0.0346. The lowest BCUT2D eigenvalue weighted by Crippen LogP contribution is -2.41. The molecule has 14 heavy (non-hydrogen) atoms. The second kappa shape index (κ2) is 4.06. The molecule has 1 fully saturated rings. The van der Waals surface area contributed by atoms with Crippen LogP contribution in [0.4, 0.5) is 0 Å². The number of ether oxygens (including phenoxy) is 1. The van der Waals surface area contributed by atoms with Gasteiger partial charge in [0.2, 0.25) is 5.91 Å². The first kappa shape index (κ1) is 9.61. The van der Waals surface area contributed by atoms with Crippen LogP contribution >= 0.6 is 11.3 Å². The SMILES string of the molecule is CC(=O)N1CCOC(c2nccs2)C1. The van der Waals surface area contributed by atoms with Crippen molar-refractivity contribution in [2.45, 2.75) is 13.0 Å². The first-order valence-corrected chi connectivity index (χ1v) is 5.42. The Bertz CT molecular complexity index is 313. The van der Waals surface area contributed by atoms with Crippen molar-refractivity contribution in [3.8, 4) is 0 Å². The molecule has 0 spiro atoms. The Morgan fingerprint density at radius 3 is 3.29 bits per heavy atom. The summed E-state index contributed by atoms with van der Waals surface area (Å²) < 4.78 is 5.56. The number of morpholine rings is 1. The molecule has 4 nitrogen and oxygen atoms in total. The average Bonchev–Trinajstić information content (AvgIpc) is 2.71. The molecule has 1 amide bonds. The molecule has 1 aromatic rings. The fourth-order valence-electron chi connectivity index (χ4n) is 1.48. The third-order valence-corrected chi connectivity index (χ3v) is 3.11. The standard InChI is InChI=1S/C9H12N2O2S/c1-7(12)11-3-4-13-8(6-11)9-10-2-5-14-9/h2,5,8H,3-4,6H2,1H3. The van der Waals surface area contributed by atoms with Gasteiger partial charge in [0.25, 0.3) is 0 Å². The minimum absolute atomic E-state index is 0.0346. The van der Waals surface area contributed by atoms with E-state index in [0.29, 0.717) is 19.7 Å². The van der Waals surface area contributed by atoms with Crippen molar-refractivity contribution in [1.29, 1.82) is 0 Å². The van der Waals surface area contributed by atoms with E-state index in [9.17, 15) is 4.79 Å². The van der Waals surface area contributed by atoms with Gasteiger partial charge >= 0.3 is 0 Å². The summed E-state index contributed by atoms with van der Waals surface area (Å²) in [4.78, 5) is 17.2. The van der Waals surface area contributed by atoms with E-state index in [4.69, 9.17) is 4.74 Å². The highest BCUT2D eigenvalue weighted by molar-refractivity contribution is 7.09. The predicted molar refractivity (Wildman–Crippen MR) is 53.1 cm³/mol. The number of amides is 1. The van der Waals surface area contributed by atoms with Crippen molar-refractivity contribution in [2.24, 2.45) is 0 Å². The van der Waals surface area contributed by atoms with Crippen molar-refractivity contribution in [2.75, 3.05) is 19.7 Å². The summed E-state index contributed by atoms with van der Waals surface area (Å²) in [7, 11) is 0. The Kier molecular flexibility index (Phi) is 2.79. The Labute approximate surface area is 86.5 Å². The van der Waals surface area contributed by atoms with Gasteiger partial charge in [0, 0.05) is 25.0 Å². The lowest BCUT2D eigenvalue weighted by atomic mass is 10.3. The van der Waals surface area contributed by atoms with E-state index in [1.807, 2.05) is 5.38 Å². The normalized spacial score (nSPS) is 22.4. The maximum Gasteiger partial charge on any atom is 0.219 e. The lowest BCUT2D eigenvalue weighted by Gasteiger charge is -2.31. The summed E-state index contributed by atoms with van der Waals surface area (Å²) in [6, 6.07) is 0. The Morgan fingerprint density at radius 2 is 2.64 bits per heavy atom. The van der Waals surface area contributed by atoms with Crippen LogP contribution in [0.25, 0.3) is 0 Å². The number of rotatable bonds is 1. The second-order valence-corrected chi connectivity index (χ2v) is 4.12. The molecule has 1 aromatic heterocycles. The van der Waals surface area contributed by atoms with Gasteiger partial charge in [-0.1, -0.05) is 0 Å². The van der Waals surface area contributed by atoms with Crippen molar-refractivity contribution in [3.05, 3.63) is 16.6 Å². The van der Waals surface area contributed by atoms with Crippen LogP contribution in [0.15, 0.2) is 11.6 Å². The molecule has 1 saturated heterocycles. The fourth-order valence-corrected chi connectivity index (χ4v) is 2.16. The number of carbonyl (C=O) groups excluding carboxylic acids is 1. The van der Waals surface area contributed by atoms with Crippen LogP contribution in [0.5, 0.6) is 0 Å². The third-order valence-electron chi connectivity index (χ3n) is 2.24. The molecular formula is C9H12N2O2S. The van der Waals surface area contributed by atoms with E-state index in [-0.39, 0.29) is 12.0 Å². The molecule has 5 heteroatoms. The van der Waals surface area contributed by atoms with Gasteiger partial charge in [0.1, 0.15) is 11.1 Å². The van der Waals surface area contributed by atoms with Crippen LogP contribution in [0, 0.1) is 0 Å². The predicted octanol–water partition coefficient (Wildman–Crippen LogP) is 1.06. The Balaban J connectivity index is 2.04. The molecule has 0 aromatic carbocycles. The van der Waals surface area contributed by atoms with Gasteiger partial charge in [-0.15, -0.1) is 11.3 Å². The van der Waals surface area contributed by atoms with E-state index in [1.165, 1.54) is 0 Å². The van der Waals surface area contributed by atoms with Crippen LogP contribution in [-0.4, -0.2) is 35.5 Å². The van der Waals surface area contributed by atoms with Gasteiger partial charge in [0.15, 0.2) is 0 Å². The van der Waals surface area contributed by atoms with Crippen molar-refractivity contribution in [3.63, 3.8) is 0 Å². The summed E-state index contributed by atoms with van der Waals surface area (Å²) in [5.74, 6) is 0.106. The number of aromatic nitrogens is 1. The zero-order valence-electron chi connectivity index (χ0n) is 7.97. The lowest BCUT2D eigenvalue weighted by molar-refractivity contribution is -0.136. The summed E-state index contributed by atoms with van der Waals surface area (Å²) >= 11 is 1.57. The smallest absolute Gasteiger partial charge is 0.219 e.